The van der Waals surface area contributed by atoms with Gasteiger partial charge in [-0.05, 0) is 37.6 Å². The van der Waals surface area contributed by atoms with Gasteiger partial charge in [-0.25, -0.2) is 9.97 Å². The molecule has 1 unspecified atom stereocenters. The highest BCUT2D eigenvalue weighted by Crippen LogP contribution is 2.57. The summed E-state index contributed by atoms with van der Waals surface area (Å²) in [4.78, 5) is 14.6. The molecule has 0 amide bonds. The molecule has 0 spiro atoms. The Morgan fingerprint density at radius 1 is 0.700 bits per heavy atom. The molecule has 2 aromatic carbocycles. The Bertz CT molecular complexity index is 990. The lowest BCUT2D eigenvalue weighted by Gasteiger charge is -2.36. The Morgan fingerprint density at radius 3 is 1.80 bits per heavy atom. The predicted octanol–water partition coefficient (Wildman–Crippen LogP) is 7.05. The van der Waals surface area contributed by atoms with Crippen molar-refractivity contribution >= 4 is 23.0 Å². The van der Waals surface area contributed by atoms with Crippen molar-refractivity contribution in [3.8, 4) is 0 Å². The van der Waals surface area contributed by atoms with Crippen LogP contribution in [0.5, 0.6) is 0 Å². The normalized spacial score (nSPS) is 17.1. The number of nitrogens with zero attached hydrogens (tertiary/aromatic N) is 4. The van der Waals surface area contributed by atoms with Crippen LogP contribution in [0.1, 0.15) is 58.5 Å². The Hall–Kier alpha value is -2.88. The van der Waals surface area contributed by atoms with Gasteiger partial charge >= 0.3 is 0 Å². The molecule has 4 heteroatoms. The van der Waals surface area contributed by atoms with E-state index < -0.39 is 0 Å². The summed E-state index contributed by atoms with van der Waals surface area (Å²) < 4.78 is 0. The lowest BCUT2D eigenvalue weighted by molar-refractivity contribution is 0.449. The van der Waals surface area contributed by atoms with Gasteiger partial charge in [0.2, 0.25) is 0 Å². The third-order valence-corrected chi connectivity index (χ3v) is 5.75. The van der Waals surface area contributed by atoms with Crippen molar-refractivity contribution in [1.29, 1.82) is 0 Å². The average molecular weight is 403 g/mol. The van der Waals surface area contributed by atoms with Crippen molar-refractivity contribution in [2.45, 2.75) is 67.0 Å². The van der Waals surface area contributed by atoms with Crippen LogP contribution in [-0.2, 0) is 5.41 Å². The minimum atomic E-state index is -0.0589. The Kier molecular flexibility index (Phi) is 6.16. The van der Waals surface area contributed by atoms with Crippen molar-refractivity contribution in [2.24, 2.45) is 0 Å². The standard InChI is InChI=1S/C22H22N4.2C2H6/c1-14-15(2)24-20-19(23-14)25(16-10-6-5-7-11-16)21-22(3,4)17-12-8-9-13-18(17)26(20)21;2*1-2/h5-13,21H,1-4H3;2*1-2H3. The molecule has 0 aliphatic carbocycles. The van der Waals surface area contributed by atoms with Crippen molar-refractivity contribution in [3.63, 3.8) is 0 Å². The fourth-order valence-electron chi connectivity index (χ4n) is 4.36. The Labute approximate surface area is 181 Å². The maximum absolute atomic E-state index is 4.96. The lowest BCUT2D eigenvalue weighted by Crippen LogP contribution is -2.46. The molecule has 158 valence electrons. The second kappa shape index (κ2) is 8.47. The largest absolute Gasteiger partial charge is 0.301 e. The van der Waals surface area contributed by atoms with Crippen molar-refractivity contribution in [2.75, 3.05) is 9.80 Å². The van der Waals surface area contributed by atoms with Crippen LogP contribution in [0.15, 0.2) is 54.6 Å². The van der Waals surface area contributed by atoms with Gasteiger partial charge < -0.3 is 9.80 Å². The first kappa shape index (κ1) is 21.8. The zero-order valence-corrected chi connectivity index (χ0v) is 19.6. The van der Waals surface area contributed by atoms with E-state index in [-0.39, 0.29) is 11.6 Å². The molecular weight excluding hydrogens is 368 g/mol. The Balaban J connectivity index is 0.000000606. The molecule has 1 aromatic heterocycles. The van der Waals surface area contributed by atoms with Crippen LogP contribution < -0.4 is 9.80 Å². The number of aryl methyl sites for hydroxylation is 2. The summed E-state index contributed by atoms with van der Waals surface area (Å²) in [6.45, 7) is 16.7. The highest BCUT2D eigenvalue weighted by atomic mass is 15.5. The lowest BCUT2D eigenvalue weighted by atomic mass is 9.83. The molecule has 4 nitrogen and oxygen atoms in total. The number of anilines is 4. The van der Waals surface area contributed by atoms with Gasteiger partial charge in [-0.15, -0.1) is 0 Å². The van der Waals surface area contributed by atoms with Crippen LogP contribution in [0, 0.1) is 13.8 Å². The fraction of sp³-hybridized carbons (Fsp3) is 0.385. The van der Waals surface area contributed by atoms with Gasteiger partial charge in [-0.3, -0.25) is 0 Å². The molecule has 30 heavy (non-hydrogen) atoms. The van der Waals surface area contributed by atoms with Gasteiger partial charge in [0, 0.05) is 16.8 Å². The maximum atomic E-state index is 4.96. The van der Waals surface area contributed by atoms with Gasteiger partial charge in [-0.1, -0.05) is 77.9 Å². The maximum Gasteiger partial charge on any atom is 0.178 e. The van der Waals surface area contributed by atoms with Crippen LogP contribution in [0.2, 0.25) is 0 Å². The van der Waals surface area contributed by atoms with E-state index in [0.717, 1.165) is 28.7 Å². The van der Waals surface area contributed by atoms with Gasteiger partial charge in [0.25, 0.3) is 0 Å². The van der Waals surface area contributed by atoms with Crippen LogP contribution >= 0.6 is 0 Å². The molecule has 1 atom stereocenters. The first-order valence-electron chi connectivity index (χ1n) is 11.1. The minimum absolute atomic E-state index is 0.0589. The van der Waals surface area contributed by atoms with Gasteiger partial charge in [-0.2, -0.15) is 0 Å². The molecule has 0 N–H and O–H groups in total. The van der Waals surface area contributed by atoms with Crippen molar-refractivity contribution in [1.82, 2.24) is 9.97 Å². The van der Waals surface area contributed by atoms with E-state index in [0.29, 0.717) is 0 Å². The smallest absolute Gasteiger partial charge is 0.178 e. The third kappa shape index (κ3) is 3.15. The van der Waals surface area contributed by atoms with E-state index in [1.165, 1.54) is 11.3 Å². The highest BCUT2D eigenvalue weighted by molar-refractivity contribution is 5.88. The molecule has 0 saturated heterocycles. The first-order valence-corrected chi connectivity index (χ1v) is 11.1. The number of hydrogen-bond donors (Lipinski definition) is 0. The molecule has 0 saturated carbocycles. The van der Waals surface area contributed by atoms with Crippen LogP contribution in [-0.4, -0.2) is 16.1 Å². The van der Waals surface area contributed by atoms with E-state index in [1.807, 2.05) is 41.5 Å². The van der Waals surface area contributed by atoms with Crippen molar-refractivity contribution in [3.05, 3.63) is 71.5 Å². The molecule has 0 radical (unpaired) electrons. The zero-order valence-electron chi connectivity index (χ0n) is 19.6. The topological polar surface area (TPSA) is 32.3 Å². The van der Waals surface area contributed by atoms with Crippen LogP contribution in [0.3, 0.4) is 0 Å². The number of benzene rings is 2. The summed E-state index contributed by atoms with van der Waals surface area (Å²) in [6.07, 6.45) is 0.124. The van der Waals surface area contributed by atoms with Gasteiger partial charge in [0.15, 0.2) is 11.6 Å². The summed E-state index contributed by atoms with van der Waals surface area (Å²) in [6, 6.07) is 19.2. The first-order chi connectivity index (χ1) is 14.5. The summed E-state index contributed by atoms with van der Waals surface area (Å²) in [5, 5.41) is 0. The Morgan fingerprint density at radius 2 is 1.20 bits per heavy atom. The van der Waals surface area contributed by atoms with E-state index >= 15 is 0 Å². The molecule has 2 aliphatic rings. The molecule has 2 aliphatic heterocycles. The zero-order chi connectivity index (χ0) is 22.1. The van der Waals surface area contributed by atoms with Crippen LogP contribution in [0.4, 0.5) is 23.0 Å². The number of aromatic nitrogens is 2. The SMILES string of the molecule is CC.CC.Cc1nc2c(nc1C)N1c3ccccc3C(C)(C)C1N2c1ccccc1. The molecule has 3 heterocycles. The summed E-state index contributed by atoms with van der Waals surface area (Å²) in [7, 11) is 0. The molecule has 3 aromatic rings. The number of hydrogen-bond acceptors (Lipinski definition) is 4. The minimum Gasteiger partial charge on any atom is -0.301 e. The van der Waals surface area contributed by atoms with Gasteiger partial charge in [0.1, 0.15) is 6.17 Å². The fourth-order valence-corrected chi connectivity index (χ4v) is 4.36. The summed E-state index contributed by atoms with van der Waals surface area (Å²) >= 11 is 0. The van der Waals surface area contributed by atoms with Crippen LogP contribution in [0.25, 0.3) is 0 Å². The van der Waals surface area contributed by atoms with Crippen molar-refractivity contribution < 1.29 is 0 Å². The quantitative estimate of drug-likeness (QED) is 0.436. The summed E-state index contributed by atoms with van der Waals surface area (Å²) in [5.41, 5.74) is 5.66. The number of para-hydroxylation sites is 2. The molecule has 0 bridgehead atoms. The van der Waals surface area contributed by atoms with Gasteiger partial charge in [0.05, 0.1) is 11.4 Å². The number of fused-ring (bicyclic) bond motifs is 5. The van der Waals surface area contributed by atoms with E-state index in [1.54, 1.807) is 0 Å². The van der Waals surface area contributed by atoms with E-state index in [9.17, 15) is 0 Å². The molecule has 5 rings (SSSR count). The average Bonchev–Trinajstić information content (AvgIpc) is 3.23. The summed E-state index contributed by atoms with van der Waals surface area (Å²) in [5.74, 6) is 1.91. The molecular formula is C26H34N4. The molecule has 0 fully saturated rings. The highest BCUT2D eigenvalue weighted by Gasteiger charge is 2.54. The monoisotopic (exact) mass is 402 g/mol. The third-order valence-electron chi connectivity index (χ3n) is 5.75. The second-order valence-electron chi connectivity index (χ2n) is 7.73. The second-order valence-corrected chi connectivity index (χ2v) is 7.73. The predicted molar refractivity (Wildman–Crippen MR) is 128 cm³/mol. The number of rotatable bonds is 1. The van der Waals surface area contributed by atoms with E-state index in [2.05, 4.69) is 78.2 Å². The van der Waals surface area contributed by atoms with E-state index in [4.69, 9.17) is 9.97 Å².